The van der Waals surface area contributed by atoms with E-state index in [0.717, 1.165) is 25.3 Å². The fourth-order valence-corrected chi connectivity index (χ4v) is 3.51. The predicted octanol–water partition coefficient (Wildman–Crippen LogP) is 2.34. The van der Waals surface area contributed by atoms with Crippen molar-refractivity contribution in [3.63, 3.8) is 0 Å². The molecular formula is C16H18FN3O3S. The average molecular weight is 351 g/mol. The molecule has 128 valence electrons. The number of halogens is 1. The highest BCUT2D eigenvalue weighted by Gasteiger charge is 2.19. The van der Waals surface area contributed by atoms with Crippen molar-refractivity contribution < 1.29 is 17.5 Å². The minimum absolute atomic E-state index is 0.0324. The van der Waals surface area contributed by atoms with Gasteiger partial charge in [0, 0.05) is 31.1 Å². The van der Waals surface area contributed by atoms with Crippen LogP contribution in [0.15, 0.2) is 41.6 Å². The van der Waals surface area contributed by atoms with E-state index in [0.29, 0.717) is 18.0 Å². The third kappa shape index (κ3) is 4.14. The topological polar surface area (TPSA) is 81.2 Å². The molecule has 24 heavy (non-hydrogen) atoms. The molecule has 2 heterocycles. The Labute approximate surface area is 140 Å². The van der Waals surface area contributed by atoms with Crippen molar-refractivity contribution in [2.24, 2.45) is 0 Å². The molecule has 1 aliphatic heterocycles. The van der Waals surface area contributed by atoms with Gasteiger partial charge in [-0.2, -0.15) is 0 Å². The molecule has 0 spiro atoms. The Bertz CT molecular complexity index is 790. The minimum Gasteiger partial charge on any atom is -0.370 e. The molecule has 0 aliphatic carbocycles. The van der Waals surface area contributed by atoms with Crippen molar-refractivity contribution in [3.8, 4) is 0 Å². The number of benzene rings is 1. The maximum absolute atomic E-state index is 13.2. The first-order chi connectivity index (χ1) is 11.5. The highest BCUT2D eigenvalue weighted by Crippen LogP contribution is 2.24. The molecule has 1 atom stereocenters. The Morgan fingerprint density at radius 2 is 2.04 bits per heavy atom. The standard InChI is InChI=1S/C16H18FN3O3S/c17-13-4-3-5-14(8-13)24(21,22)20-11-12-9-18-16(19-10-12)15-6-1-2-7-23-15/h3-5,8-10,15,20H,1-2,6-7,11H2/t15-/m0/s1. The van der Waals surface area contributed by atoms with Crippen LogP contribution in [0, 0.1) is 5.82 Å². The molecule has 0 amide bonds. The second-order valence-corrected chi connectivity index (χ2v) is 7.35. The largest absolute Gasteiger partial charge is 0.370 e. The fourth-order valence-electron chi connectivity index (χ4n) is 2.46. The van der Waals surface area contributed by atoms with Crippen LogP contribution in [0.5, 0.6) is 0 Å². The van der Waals surface area contributed by atoms with E-state index in [1.165, 1.54) is 18.2 Å². The number of hydrogen-bond donors (Lipinski definition) is 1. The summed E-state index contributed by atoms with van der Waals surface area (Å²) in [6.45, 7) is 0.744. The second kappa shape index (κ2) is 7.33. The Kier molecular flexibility index (Phi) is 5.17. The first kappa shape index (κ1) is 16.9. The molecule has 1 aromatic heterocycles. The number of hydrogen-bond acceptors (Lipinski definition) is 5. The third-order valence-corrected chi connectivity index (χ3v) is 5.16. The molecule has 0 unspecified atom stereocenters. The number of rotatable bonds is 5. The van der Waals surface area contributed by atoms with E-state index in [1.807, 2.05) is 0 Å². The van der Waals surface area contributed by atoms with Crippen LogP contribution in [0.4, 0.5) is 4.39 Å². The van der Waals surface area contributed by atoms with Crippen molar-refractivity contribution in [2.75, 3.05) is 6.61 Å². The molecule has 1 fully saturated rings. The van der Waals surface area contributed by atoms with Gasteiger partial charge in [0.25, 0.3) is 0 Å². The first-order valence-electron chi connectivity index (χ1n) is 7.72. The van der Waals surface area contributed by atoms with Gasteiger partial charge < -0.3 is 4.74 Å². The number of ether oxygens (including phenoxy) is 1. The molecule has 6 nitrogen and oxygen atoms in total. The number of sulfonamides is 1. The van der Waals surface area contributed by atoms with Gasteiger partial charge in [0.15, 0.2) is 5.82 Å². The van der Waals surface area contributed by atoms with Gasteiger partial charge >= 0.3 is 0 Å². The summed E-state index contributed by atoms with van der Waals surface area (Å²) in [5, 5.41) is 0. The second-order valence-electron chi connectivity index (χ2n) is 5.59. The van der Waals surface area contributed by atoms with E-state index in [2.05, 4.69) is 14.7 Å². The smallest absolute Gasteiger partial charge is 0.240 e. The monoisotopic (exact) mass is 351 g/mol. The maximum atomic E-state index is 13.2. The lowest BCUT2D eigenvalue weighted by Crippen LogP contribution is -2.23. The van der Waals surface area contributed by atoms with Gasteiger partial charge in [-0.25, -0.2) is 27.5 Å². The van der Waals surface area contributed by atoms with Crippen LogP contribution in [0.25, 0.3) is 0 Å². The summed E-state index contributed by atoms with van der Waals surface area (Å²) in [5.41, 5.74) is 0.620. The van der Waals surface area contributed by atoms with Crippen molar-refractivity contribution in [2.45, 2.75) is 36.8 Å². The highest BCUT2D eigenvalue weighted by molar-refractivity contribution is 7.89. The summed E-state index contributed by atoms with van der Waals surface area (Å²) < 4.78 is 45.5. The fraction of sp³-hybridized carbons (Fsp3) is 0.375. The van der Waals surface area contributed by atoms with Crippen LogP contribution in [0.3, 0.4) is 0 Å². The number of nitrogens with zero attached hydrogens (tertiary/aromatic N) is 2. The number of aromatic nitrogens is 2. The van der Waals surface area contributed by atoms with Gasteiger partial charge in [0.1, 0.15) is 11.9 Å². The lowest BCUT2D eigenvalue weighted by Gasteiger charge is -2.21. The van der Waals surface area contributed by atoms with E-state index in [9.17, 15) is 12.8 Å². The molecule has 1 saturated heterocycles. The Morgan fingerprint density at radius 1 is 1.25 bits per heavy atom. The summed E-state index contributed by atoms with van der Waals surface area (Å²) in [4.78, 5) is 8.40. The van der Waals surface area contributed by atoms with E-state index in [1.54, 1.807) is 12.4 Å². The van der Waals surface area contributed by atoms with Gasteiger partial charge in [0.05, 0.1) is 4.90 Å². The van der Waals surface area contributed by atoms with E-state index in [-0.39, 0.29) is 17.5 Å². The molecule has 3 rings (SSSR count). The number of nitrogens with one attached hydrogen (secondary N) is 1. The van der Waals surface area contributed by atoms with Crippen LogP contribution in [-0.2, 0) is 21.3 Å². The van der Waals surface area contributed by atoms with Gasteiger partial charge in [-0.1, -0.05) is 6.07 Å². The quantitative estimate of drug-likeness (QED) is 0.894. The molecule has 1 aromatic carbocycles. The molecule has 1 aliphatic rings. The molecule has 8 heteroatoms. The maximum Gasteiger partial charge on any atom is 0.240 e. The SMILES string of the molecule is O=S(=O)(NCc1cnc([C@@H]2CCCCO2)nc1)c1cccc(F)c1. The summed E-state index contributed by atoms with van der Waals surface area (Å²) in [7, 11) is -3.78. The van der Waals surface area contributed by atoms with Crippen molar-refractivity contribution in [1.82, 2.24) is 14.7 Å². The normalized spacial score (nSPS) is 18.5. The van der Waals surface area contributed by atoms with Crippen LogP contribution >= 0.6 is 0 Å². The van der Waals surface area contributed by atoms with Crippen molar-refractivity contribution in [3.05, 3.63) is 53.9 Å². The molecule has 0 bridgehead atoms. The van der Waals surface area contributed by atoms with E-state index in [4.69, 9.17) is 4.74 Å². The van der Waals surface area contributed by atoms with Gasteiger partial charge in [-0.3, -0.25) is 0 Å². The van der Waals surface area contributed by atoms with E-state index < -0.39 is 15.8 Å². The summed E-state index contributed by atoms with van der Waals surface area (Å²) in [6.07, 6.45) is 6.10. The summed E-state index contributed by atoms with van der Waals surface area (Å²) in [5.74, 6) is 0.0180. The van der Waals surface area contributed by atoms with Crippen LogP contribution in [0.2, 0.25) is 0 Å². The third-order valence-electron chi connectivity index (χ3n) is 3.77. The Balaban J connectivity index is 1.64. The molecule has 2 aromatic rings. The van der Waals surface area contributed by atoms with Crippen LogP contribution in [-0.4, -0.2) is 25.0 Å². The molecule has 1 N–H and O–H groups in total. The van der Waals surface area contributed by atoms with Crippen LogP contribution in [0.1, 0.15) is 36.8 Å². The van der Waals surface area contributed by atoms with Gasteiger partial charge in [0.2, 0.25) is 10.0 Å². The van der Waals surface area contributed by atoms with E-state index >= 15 is 0 Å². The lowest BCUT2D eigenvalue weighted by atomic mass is 10.1. The van der Waals surface area contributed by atoms with Gasteiger partial charge in [-0.05, 0) is 37.5 Å². The Hall–Kier alpha value is -1.90. The van der Waals surface area contributed by atoms with Gasteiger partial charge in [-0.15, -0.1) is 0 Å². The van der Waals surface area contributed by atoms with Crippen molar-refractivity contribution >= 4 is 10.0 Å². The average Bonchev–Trinajstić information content (AvgIpc) is 2.61. The van der Waals surface area contributed by atoms with Crippen LogP contribution < -0.4 is 4.72 Å². The molecule has 0 saturated carbocycles. The molecular weight excluding hydrogens is 333 g/mol. The first-order valence-corrected chi connectivity index (χ1v) is 9.20. The Morgan fingerprint density at radius 3 is 2.71 bits per heavy atom. The highest BCUT2D eigenvalue weighted by atomic mass is 32.2. The predicted molar refractivity (Wildman–Crippen MR) is 85.0 cm³/mol. The summed E-state index contributed by atoms with van der Waals surface area (Å²) >= 11 is 0. The van der Waals surface area contributed by atoms with Crippen molar-refractivity contribution in [1.29, 1.82) is 0 Å². The zero-order valence-electron chi connectivity index (χ0n) is 13.0. The summed E-state index contributed by atoms with van der Waals surface area (Å²) in [6, 6.07) is 4.86. The lowest BCUT2D eigenvalue weighted by molar-refractivity contribution is 0.00940. The minimum atomic E-state index is -3.78. The molecule has 0 radical (unpaired) electrons. The zero-order chi connectivity index (χ0) is 17.0. The zero-order valence-corrected chi connectivity index (χ0v) is 13.8.